The van der Waals surface area contributed by atoms with Crippen LogP contribution in [0.3, 0.4) is 0 Å². The first-order chi connectivity index (χ1) is 8.13. The topological polar surface area (TPSA) is 76.4 Å². The highest BCUT2D eigenvalue weighted by Crippen LogP contribution is 2.23. The third kappa shape index (κ3) is 2.20. The first-order valence-corrected chi connectivity index (χ1v) is 5.36. The second kappa shape index (κ2) is 4.65. The van der Waals surface area contributed by atoms with Crippen LogP contribution in [0.5, 0.6) is 0 Å². The number of amidine groups is 1. The molecule has 88 valence electrons. The van der Waals surface area contributed by atoms with Crippen LogP contribution in [0.2, 0.25) is 10.0 Å². The lowest BCUT2D eigenvalue weighted by Gasteiger charge is -2.09. The third-order valence-corrected chi connectivity index (χ3v) is 2.66. The Bertz CT molecular complexity index is 579. The minimum absolute atomic E-state index is 0.0859. The fraction of sp³-hybridized carbons (Fsp3) is 0. The SMILES string of the molecule is NC(=NO)c1c(Cl)cccc1-n1cc(Cl)cn1. The van der Waals surface area contributed by atoms with E-state index >= 15 is 0 Å². The molecule has 1 heterocycles. The minimum atomic E-state index is -0.0859. The Morgan fingerprint density at radius 2 is 2.18 bits per heavy atom. The summed E-state index contributed by atoms with van der Waals surface area (Å²) in [6.07, 6.45) is 3.08. The zero-order valence-corrected chi connectivity index (χ0v) is 10.0. The Balaban J connectivity index is 2.66. The van der Waals surface area contributed by atoms with Crippen LogP contribution in [-0.2, 0) is 0 Å². The Labute approximate surface area is 107 Å². The number of benzene rings is 1. The van der Waals surface area contributed by atoms with Gasteiger partial charge in [0.25, 0.3) is 0 Å². The van der Waals surface area contributed by atoms with Crippen molar-refractivity contribution < 1.29 is 5.21 Å². The molecule has 0 saturated heterocycles. The second-order valence-corrected chi connectivity index (χ2v) is 4.07. The molecule has 0 unspecified atom stereocenters. The van der Waals surface area contributed by atoms with Crippen molar-refractivity contribution in [2.24, 2.45) is 10.9 Å². The summed E-state index contributed by atoms with van der Waals surface area (Å²) in [4.78, 5) is 0. The van der Waals surface area contributed by atoms with E-state index < -0.39 is 0 Å². The molecule has 0 atom stereocenters. The molecule has 0 aliphatic rings. The lowest BCUT2D eigenvalue weighted by atomic mass is 10.1. The van der Waals surface area contributed by atoms with Crippen molar-refractivity contribution >= 4 is 29.0 Å². The molecule has 0 bridgehead atoms. The summed E-state index contributed by atoms with van der Waals surface area (Å²) in [7, 11) is 0. The number of oxime groups is 1. The van der Waals surface area contributed by atoms with Gasteiger partial charge in [0, 0.05) is 6.20 Å². The number of hydrogen-bond acceptors (Lipinski definition) is 3. The van der Waals surface area contributed by atoms with Crippen molar-refractivity contribution in [2.45, 2.75) is 0 Å². The van der Waals surface area contributed by atoms with Gasteiger partial charge in [-0.25, -0.2) is 4.68 Å². The number of aromatic nitrogens is 2. The molecule has 0 fully saturated rings. The smallest absolute Gasteiger partial charge is 0.173 e. The van der Waals surface area contributed by atoms with Gasteiger partial charge in [0.2, 0.25) is 0 Å². The molecule has 1 aromatic carbocycles. The highest BCUT2D eigenvalue weighted by molar-refractivity contribution is 6.34. The molecular weight excluding hydrogens is 263 g/mol. The number of halogens is 2. The highest BCUT2D eigenvalue weighted by atomic mass is 35.5. The van der Waals surface area contributed by atoms with E-state index in [2.05, 4.69) is 10.3 Å². The molecule has 0 saturated carbocycles. The number of rotatable bonds is 2. The van der Waals surface area contributed by atoms with Crippen LogP contribution in [0, 0.1) is 0 Å². The Hall–Kier alpha value is -1.72. The van der Waals surface area contributed by atoms with E-state index in [9.17, 15) is 0 Å². The second-order valence-electron chi connectivity index (χ2n) is 3.22. The summed E-state index contributed by atoms with van der Waals surface area (Å²) >= 11 is 11.8. The van der Waals surface area contributed by atoms with Gasteiger partial charge in [-0.15, -0.1) is 0 Å². The van der Waals surface area contributed by atoms with Gasteiger partial charge >= 0.3 is 0 Å². The van der Waals surface area contributed by atoms with E-state index in [-0.39, 0.29) is 5.84 Å². The predicted octanol–water partition coefficient (Wildman–Crippen LogP) is 2.27. The Morgan fingerprint density at radius 1 is 1.41 bits per heavy atom. The first-order valence-electron chi connectivity index (χ1n) is 4.60. The maximum absolute atomic E-state index is 8.74. The fourth-order valence-corrected chi connectivity index (χ4v) is 1.84. The lowest BCUT2D eigenvalue weighted by Crippen LogP contribution is -2.17. The van der Waals surface area contributed by atoms with Crippen LogP contribution in [-0.4, -0.2) is 20.8 Å². The quantitative estimate of drug-likeness (QED) is 0.380. The van der Waals surface area contributed by atoms with E-state index in [1.165, 1.54) is 10.9 Å². The van der Waals surface area contributed by atoms with E-state index in [0.717, 1.165) is 0 Å². The van der Waals surface area contributed by atoms with E-state index in [4.69, 9.17) is 34.1 Å². The van der Waals surface area contributed by atoms with Gasteiger partial charge < -0.3 is 10.9 Å². The molecular formula is C10H8Cl2N4O. The van der Waals surface area contributed by atoms with Crippen molar-refractivity contribution in [1.82, 2.24) is 9.78 Å². The monoisotopic (exact) mass is 270 g/mol. The molecule has 7 heteroatoms. The number of nitrogens with zero attached hydrogens (tertiary/aromatic N) is 3. The zero-order valence-electron chi connectivity index (χ0n) is 8.51. The van der Waals surface area contributed by atoms with Crippen molar-refractivity contribution in [1.29, 1.82) is 0 Å². The van der Waals surface area contributed by atoms with Crippen molar-refractivity contribution in [3.05, 3.63) is 46.2 Å². The van der Waals surface area contributed by atoms with Crippen LogP contribution >= 0.6 is 23.2 Å². The standard InChI is InChI=1S/C10H8Cl2N4O/c11-6-4-14-16(5-6)8-3-1-2-7(12)9(8)10(13)15-17/h1-5,17H,(H2,13,15). The maximum atomic E-state index is 8.74. The van der Waals surface area contributed by atoms with Gasteiger partial charge in [0.15, 0.2) is 5.84 Å². The minimum Gasteiger partial charge on any atom is -0.409 e. The molecule has 2 rings (SSSR count). The third-order valence-electron chi connectivity index (χ3n) is 2.15. The van der Waals surface area contributed by atoms with Crippen molar-refractivity contribution in [3.63, 3.8) is 0 Å². The van der Waals surface area contributed by atoms with Crippen LogP contribution < -0.4 is 5.73 Å². The van der Waals surface area contributed by atoms with Crippen LogP contribution in [0.15, 0.2) is 35.7 Å². The van der Waals surface area contributed by atoms with Gasteiger partial charge in [0.05, 0.1) is 27.5 Å². The van der Waals surface area contributed by atoms with Gasteiger partial charge in [0.1, 0.15) is 0 Å². The van der Waals surface area contributed by atoms with Crippen LogP contribution in [0.25, 0.3) is 5.69 Å². The van der Waals surface area contributed by atoms with Gasteiger partial charge in [-0.2, -0.15) is 5.10 Å². The molecule has 0 spiro atoms. The summed E-state index contributed by atoms with van der Waals surface area (Å²) < 4.78 is 1.50. The predicted molar refractivity (Wildman–Crippen MR) is 66.1 cm³/mol. The summed E-state index contributed by atoms with van der Waals surface area (Å²) in [6.45, 7) is 0. The molecule has 0 aliphatic carbocycles. The molecule has 17 heavy (non-hydrogen) atoms. The van der Waals surface area contributed by atoms with Crippen LogP contribution in [0.1, 0.15) is 5.56 Å². The summed E-state index contributed by atoms with van der Waals surface area (Å²) in [6, 6.07) is 5.12. The summed E-state index contributed by atoms with van der Waals surface area (Å²) in [5.41, 5.74) is 6.56. The fourth-order valence-electron chi connectivity index (χ4n) is 1.44. The van der Waals surface area contributed by atoms with Crippen molar-refractivity contribution in [3.8, 4) is 5.69 Å². The maximum Gasteiger partial charge on any atom is 0.173 e. The normalized spacial score (nSPS) is 11.8. The Kier molecular flexibility index (Phi) is 3.21. The molecule has 3 N–H and O–H groups in total. The van der Waals surface area contributed by atoms with E-state index in [1.54, 1.807) is 24.4 Å². The average Bonchev–Trinajstić information content (AvgIpc) is 2.74. The average molecular weight is 271 g/mol. The number of nitrogens with two attached hydrogens (primary N) is 1. The van der Waals surface area contributed by atoms with Crippen LogP contribution in [0.4, 0.5) is 0 Å². The Morgan fingerprint density at radius 3 is 2.76 bits per heavy atom. The first kappa shape index (κ1) is 11.8. The van der Waals surface area contributed by atoms with Gasteiger partial charge in [-0.05, 0) is 12.1 Å². The molecule has 2 aromatic rings. The van der Waals surface area contributed by atoms with Gasteiger partial charge in [-0.3, -0.25) is 0 Å². The molecule has 0 amide bonds. The highest BCUT2D eigenvalue weighted by Gasteiger charge is 2.13. The molecule has 0 radical (unpaired) electrons. The van der Waals surface area contributed by atoms with E-state index in [1.807, 2.05) is 0 Å². The largest absolute Gasteiger partial charge is 0.409 e. The molecule has 0 aliphatic heterocycles. The zero-order chi connectivity index (χ0) is 12.4. The van der Waals surface area contributed by atoms with E-state index in [0.29, 0.717) is 21.3 Å². The summed E-state index contributed by atoms with van der Waals surface area (Å²) in [5, 5.41) is 16.6. The molecule has 1 aromatic heterocycles. The van der Waals surface area contributed by atoms with Crippen molar-refractivity contribution in [2.75, 3.05) is 0 Å². The lowest BCUT2D eigenvalue weighted by molar-refractivity contribution is 0.318. The molecule has 5 nitrogen and oxygen atoms in total. The number of hydrogen-bond donors (Lipinski definition) is 2. The van der Waals surface area contributed by atoms with Gasteiger partial charge in [-0.1, -0.05) is 34.4 Å². The summed E-state index contributed by atoms with van der Waals surface area (Å²) in [5.74, 6) is -0.0859.